The van der Waals surface area contributed by atoms with E-state index in [-0.39, 0.29) is 5.56 Å². The molecule has 0 spiro atoms. The number of aryl methyl sites for hydroxylation is 1. The SMILES string of the molecule is Cn1cc(-c2ccc3[nH]c(C4CCOCC4)nc3c2Oc2cccc3cccnc23)ccc1=O. The van der Waals surface area contributed by atoms with Crippen LogP contribution < -0.4 is 10.3 Å². The van der Waals surface area contributed by atoms with Crippen LogP contribution in [-0.4, -0.2) is 32.7 Å². The Kier molecular flexibility index (Phi) is 5.11. The number of H-pyrrole nitrogens is 1. The van der Waals surface area contributed by atoms with E-state index in [0.717, 1.165) is 64.9 Å². The molecule has 5 aromatic rings. The molecular formula is C27H24N4O3. The van der Waals surface area contributed by atoms with Gasteiger partial charge in [-0.1, -0.05) is 18.2 Å². The molecule has 6 rings (SSSR count). The van der Waals surface area contributed by atoms with E-state index in [0.29, 0.717) is 17.4 Å². The van der Waals surface area contributed by atoms with Crippen molar-refractivity contribution in [1.29, 1.82) is 0 Å². The fourth-order valence-electron chi connectivity index (χ4n) is 4.59. The lowest BCUT2D eigenvalue weighted by atomic mass is 10.00. The van der Waals surface area contributed by atoms with E-state index in [2.05, 4.69) is 9.97 Å². The quantitative estimate of drug-likeness (QED) is 0.407. The molecule has 7 nitrogen and oxygen atoms in total. The minimum absolute atomic E-state index is 0.0628. The average Bonchev–Trinajstić information content (AvgIpc) is 3.32. The zero-order valence-electron chi connectivity index (χ0n) is 18.8. The van der Waals surface area contributed by atoms with Crippen LogP contribution in [0.4, 0.5) is 0 Å². The van der Waals surface area contributed by atoms with Crippen LogP contribution in [0.25, 0.3) is 33.1 Å². The van der Waals surface area contributed by atoms with Crippen LogP contribution >= 0.6 is 0 Å². The van der Waals surface area contributed by atoms with Crippen LogP contribution in [0.15, 0.2) is 71.8 Å². The number of nitrogens with one attached hydrogen (secondary N) is 1. The summed E-state index contributed by atoms with van der Waals surface area (Å²) in [5.74, 6) is 2.59. The number of benzene rings is 2. The molecule has 0 radical (unpaired) electrons. The summed E-state index contributed by atoms with van der Waals surface area (Å²) in [5.41, 5.74) is 4.14. The zero-order chi connectivity index (χ0) is 23.1. The molecular weight excluding hydrogens is 428 g/mol. The molecule has 0 amide bonds. The summed E-state index contributed by atoms with van der Waals surface area (Å²) >= 11 is 0. The molecule has 0 aliphatic carbocycles. The van der Waals surface area contributed by atoms with E-state index in [4.69, 9.17) is 14.5 Å². The number of pyridine rings is 2. The molecule has 1 aliphatic heterocycles. The highest BCUT2D eigenvalue weighted by Gasteiger charge is 2.23. The minimum Gasteiger partial charge on any atom is -0.452 e. The third kappa shape index (κ3) is 3.64. The lowest BCUT2D eigenvalue weighted by molar-refractivity contribution is 0.0838. The van der Waals surface area contributed by atoms with Crippen LogP contribution in [0.3, 0.4) is 0 Å². The Morgan fingerprint density at radius 1 is 1.03 bits per heavy atom. The fraction of sp³-hybridized carbons (Fsp3) is 0.222. The van der Waals surface area contributed by atoms with Crippen LogP contribution in [0.5, 0.6) is 11.5 Å². The van der Waals surface area contributed by atoms with Gasteiger partial charge in [0.15, 0.2) is 11.5 Å². The summed E-state index contributed by atoms with van der Waals surface area (Å²) in [5, 5.41) is 1.00. The summed E-state index contributed by atoms with van der Waals surface area (Å²) < 4.78 is 13.7. The second-order valence-corrected chi connectivity index (χ2v) is 8.65. The second kappa shape index (κ2) is 8.43. The lowest BCUT2D eigenvalue weighted by Crippen LogP contribution is -2.15. The number of aromatic nitrogens is 4. The number of fused-ring (bicyclic) bond motifs is 2. The van der Waals surface area contributed by atoms with Crippen LogP contribution in [0.1, 0.15) is 24.6 Å². The molecule has 1 N–H and O–H groups in total. The third-order valence-corrected chi connectivity index (χ3v) is 6.44. The largest absolute Gasteiger partial charge is 0.452 e. The number of imidazole rings is 1. The number of ether oxygens (including phenoxy) is 2. The van der Waals surface area contributed by atoms with Crippen molar-refractivity contribution in [2.75, 3.05) is 13.2 Å². The molecule has 170 valence electrons. The van der Waals surface area contributed by atoms with E-state index in [1.807, 2.05) is 54.7 Å². The molecule has 4 heterocycles. The van der Waals surface area contributed by atoms with Gasteiger partial charge in [-0.3, -0.25) is 9.78 Å². The highest BCUT2D eigenvalue weighted by Crippen LogP contribution is 2.41. The number of para-hydroxylation sites is 1. The Hall–Kier alpha value is -3.97. The van der Waals surface area contributed by atoms with Gasteiger partial charge in [-0.2, -0.15) is 0 Å². The maximum atomic E-state index is 12.0. The number of rotatable bonds is 4. The number of hydrogen-bond donors (Lipinski definition) is 1. The first kappa shape index (κ1) is 20.6. The molecule has 3 aromatic heterocycles. The molecule has 0 atom stereocenters. The highest BCUT2D eigenvalue weighted by molar-refractivity contribution is 5.92. The minimum atomic E-state index is -0.0628. The van der Waals surface area contributed by atoms with Crippen LogP contribution in [0.2, 0.25) is 0 Å². The molecule has 0 saturated carbocycles. The van der Waals surface area contributed by atoms with Crippen LogP contribution in [-0.2, 0) is 11.8 Å². The van der Waals surface area contributed by atoms with Crippen molar-refractivity contribution in [1.82, 2.24) is 19.5 Å². The van der Waals surface area contributed by atoms with Crippen molar-refractivity contribution < 1.29 is 9.47 Å². The predicted molar refractivity (Wildman–Crippen MR) is 131 cm³/mol. The van der Waals surface area contributed by atoms with Gasteiger partial charge in [-0.05, 0) is 43.2 Å². The van der Waals surface area contributed by atoms with Gasteiger partial charge in [-0.25, -0.2) is 4.98 Å². The van der Waals surface area contributed by atoms with Gasteiger partial charge in [0.1, 0.15) is 16.9 Å². The van der Waals surface area contributed by atoms with Crippen molar-refractivity contribution in [3.05, 3.63) is 83.2 Å². The maximum absolute atomic E-state index is 12.0. The summed E-state index contributed by atoms with van der Waals surface area (Å²) in [6.45, 7) is 1.49. The van der Waals surface area contributed by atoms with Crippen LogP contribution in [0, 0.1) is 0 Å². The van der Waals surface area contributed by atoms with Gasteiger partial charge < -0.3 is 19.0 Å². The Labute approximate surface area is 196 Å². The summed E-state index contributed by atoms with van der Waals surface area (Å²) in [7, 11) is 1.75. The fourth-order valence-corrected chi connectivity index (χ4v) is 4.59. The summed E-state index contributed by atoms with van der Waals surface area (Å²) in [6.07, 6.45) is 5.47. The summed E-state index contributed by atoms with van der Waals surface area (Å²) in [4.78, 5) is 25.1. The molecule has 1 fully saturated rings. The standard InChI is InChI=1S/C27H24N4O3/c1-31-16-19(7-10-23(31)32)20-8-9-21-25(30-27(29-21)18-11-14-33-15-12-18)26(20)34-22-6-2-4-17-5-3-13-28-24(17)22/h2-10,13,16,18H,11-12,14-15H2,1H3,(H,29,30). The Bertz CT molecular complexity index is 1560. The van der Waals surface area contributed by atoms with E-state index >= 15 is 0 Å². The van der Waals surface area contributed by atoms with E-state index < -0.39 is 0 Å². The monoisotopic (exact) mass is 452 g/mol. The van der Waals surface area contributed by atoms with Gasteiger partial charge in [0, 0.05) is 61.2 Å². The van der Waals surface area contributed by atoms with E-state index in [1.54, 1.807) is 23.9 Å². The van der Waals surface area contributed by atoms with E-state index in [1.165, 1.54) is 0 Å². The average molecular weight is 453 g/mol. The molecule has 7 heteroatoms. The van der Waals surface area contributed by atoms with Gasteiger partial charge in [0.05, 0.1) is 5.52 Å². The number of hydrogen-bond acceptors (Lipinski definition) is 5. The highest BCUT2D eigenvalue weighted by atomic mass is 16.5. The molecule has 2 aromatic carbocycles. The lowest BCUT2D eigenvalue weighted by Gasteiger charge is -2.19. The maximum Gasteiger partial charge on any atom is 0.250 e. The van der Waals surface area contributed by atoms with Gasteiger partial charge in [0.25, 0.3) is 0 Å². The first-order valence-corrected chi connectivity index (χ1v) is 11.5. The Morgan fingerprint density at radius 2 is 1.88 bits per heavy atom. The van der Waals surface area contributed by atoms with Gasteiger partial charge in [0.2, 0.25) is 5.56 Å². The zero-order valence-corrected chi connectivity index (χ0v) is 18.8. The Morgan fingerprint density at radius 3 is 2.74 bits per heavy atom. The predicted octanol–water partition coefficient (Wildman–Crippen LogP) is 5.16. The second-order valence-electron chi connectivity index (χ2n) is 8.65. The van der Waals surface area contributed by atoms with Crippen molar-refractivity contribution in [3.8, 4) is 22.6 Å². The molecule has 1 saturated heterocycles. The first-order chi connectivity index (χ1) is 16.7. The first-order valence-electron chi connectivity index (χ1n) is 11.5. The van der Waals surface area contributed by atoms with Gasteiger partial charge in [-0.15, -0.1) is 0 Å². The normalized spacial score (nSPS) is 14.6. The number of nitrogens with zero attached hydrogens (tertiary/aromatic N) is 3. The Balaban J connectivity index is 1.55. The molecule has 34 heavy (non-hydrogen) atoms. The third-order valence-electron chi connectivity index (χ3n) is 6.44. The van der Waals surface area contributed by atoms with Crippen molar-refractivity contribution in [2.24, 2.45) is 7.05 Å². The van der Waals surface area contributed by atoms with Gasteiger partial charge >= 0.3 is 0 Å². The van der Waals surface area contributed by atoms with Crippen molar-refractivity contribution in [3.63, 3.8) is 0 Å². The van der Waals surface area contributed by atoms with Crippen molar-refractivity contribution >= 4 is 21.9 Å². The molecule has 0 unspecified atom stereocenters. The van der Waals surface area contributed by atoms with Crippen molar-refractivity contribution in [2.45, 2.75) is 18.8 Å². The smallest absolute Gasteiger partial charge is 0.250 e. The molecule has 0 bridgehead atoms. The molecule has 1 aliphatic rings. The van der Waals surface area contributed by atoms with E-state index in [9.17, 15) is 4.79 Å². The summed E-state index contributed by atoms with van der Waals surface area (Å²) in [6, 6.07) is 17.3. The topological polar surface area (TPSA) is 82.0 Å². The number of aromatic amines is 1.